The van der Waals surface area contributed by atoms with Crippen LogP contribution < -0.4 is 4.74 Å². The normalized spacial score (nSPS) is 30.4. The maximum absolute atomic E-state index is 11.1. The first-order valence-corrected chi connectivity index (χ1v) is 7.37. The summed E-state index contributed by atoms with van der Waals surface area (Å²) in [6, 6.07) is 8.88. The van der Waals surface area contributed by atoms with Crippen molar-refractivity contribution < 1.29 is 14.6 Å². The number of carbonyl (C=O) groups is 1. The van der Waals surface area contributed by atoms with Crippen LogP contribution in [0.1, 0.15) is 37.8 Å². The first-order valence-electron chi connectivity index (χ1n) is 7.37. The molecule has 0 aliphatic carbocycles. The van der Waals surface area contributed by atoms with Gasteiger partial charge < -0.3 is 9.84 Å². The Balaban J connectivity index is 1.79. The van der Waals surface area contributed by atoms with E-state index >= 15 is 0 Å². The average molecular weight is 275 g/mol. The summed E-state index contributed by atoms with van der Waals surface area (Å²) in [6.07, 6.45) is 2.48. The number of ether oxygens (including phenoxy) is 1. The van der Waals surface area contributed by atoms with E-state index in [0.717, 1.165) is 38.2 Å². The Kier molecular flexibility index (Phi) is 3.66. The topological polar surface area (TPSA) is 49.8 Å². The minimum absolute atomic E-state index is 0.184. The van der Waals surface area contributed by atoms with Gasteiger partial charge in [0, 0.05) is 24.1 Å². The van der Waals surface area contributed by atoms with Gasteiger partial charge in [0.1, 0.15) is 5.75 Å². The second kappa shape index (κ2) is 5.44. The lowest BCUT2D eigenvalue weighted by atomic mass is 9.88. The molecule has 0 saturated carbocycles. The molecule has 0 bridgehead atoms. The Labute approximate surface area is 119 Å². The summed E-state index contributed by atoms with van der Waals surface area (Å²) in [7, 11) is 0. The molecule has 20 heavy (non-hydrogen) atoms. The molecule has 108 valence electrons. The largest absolute Gasteiger partial charge is 0.493 e. The molecule has 0 radical (unpaired) electrons. The van der Waals surface area contributed by atoms with Crippen molar-refractivity contribution in [1.82, 2.24) is 4.90 Å². The van der Waals surface area contributed by atoms with Crippen LogP contribution in [-0.4, -0.2) is 35.2 Å². The van der Waals surface area contributed by atoms with Crippen LogP contribution in [0.4, 0.5) is 0 Å². The zero-order chi connectivity index (χ0) is 14.1. The number of benzene rings is 1. The maximum Gasteiger partial charge on any atom is 0.306 e. The molecule has 2 aliphatic rings. The zero-order valence-electron chi connectivity index (χ0n) is 11.8. The molecule has 0 spiro atoms. The fourth-order valence-corrected chi connectivity index (χ4v) is 3.55. The molecular formula is C16H21NO3. The van der Waals surface area contributed by atoms with E-state index in [4.69, 9.17) is 4.74 Å². The van der Waals surface area contributed by atoms with Gasteiger partial charge in [0.25, 0.3) is 0 Å². The van der Waals surface area contributed by atoms with E-state index < -0.39 is 5.97 Å². The molecule has 3 unspecified atom stereocenters. The number of aliphatic carboxylic acids is 1. The lowest BCUT2D eigenvalue weighted by Gasteiger charge is -2.43. The van der Waals surface area contributed by atoms with E-state index in [-0.39, 0.29) is 5.92 Å². The van der Waals surface area contributed by atoms with Gasteiger partial charge >= 0.3 is 5.97 Å². The van der Waals surface area contributed by atoms with Crippen molar-refractivity contribution in [3.63, 3.8) is 0 Å². The smallest absolute Gasteiger partial charge is 0.306 e. The Morgan fingerprint density at radius 1 is 1.35 bits per heavy atom. The van der Waals surface area contributed by atoms with Crippen LogP contribution in [0.2, 0.25) is 0 Å². The number of hydrogen-bond acceptors (Lipinski definition) is 3. The number of para-hydroxylation sites is 1. The highest BCUT2D eigenvalue weighted by Gasteiger charge is 2.35. The average Bonchev–Trinajstić information content (AvgIpc) is 2.46. The molecule has 2 aliphatic heterocycles. The summed E-state index contributed by atoms with van der Waals surface area (Å²) in [6.45, 7) is 3.75. The molecule has 4 heteroatoms. The molecule has 3 atom stereocenters. The Morgan fingerprint density at radius 3 is 2.90 bits per heavy atom. The van der Waals surface area contributed by atoms with Gasteiger partial charge in [-0.05, 0) is 32.4 Å². The van der Waals surface area contributed by atoms with Gasteiger partial charge in [-0.25, -0.2) is 0 Å². The Hall–Kier alpha value is -1.55. The predicted octanol–water partition coefficient (Wildman–Crippen LogP) is 2.70. The van der Waals surface area contributed by atoms with Crippen LogP contribution in [0, 0.1) is 5.92 Å². The quantitative estimate of drug-likeness (QED) is 0.901. The van der Waals surface area contributed by atoms with E-state index in [9.17, 15) is 9.90 Å². The lowest BCUT2D eigenvalue weighted by molar-refractivity contribution is -0.144. The second-order valence-corrected chi connectivity index (χ2v) is 5.84. The third kappa shape index (κ3) is 2.40. The van der Waals surface area contributed by atoms with Gasteiger partial charge in [0.2, 0.25) is 0 Å². The summed E-state index contributed by atoms with van der Waals surface area (Å²) in [5.74, 6) is 0.150. The molecule has 0 amide bonds. The first-order chi connectivity index (χ1) is 9.66. The molecule has 3 rings (SSSR count). The molecule has 1 fully saturated rings. The monoisotopic (exact) mass is 275 g/mol. The highest BCUT2D eigenvalue weighted by atomic mass is 16.5. The van der Waals surface area contributed by atoms with Crippen LogP contribution in [0.5, 0.6) is 5.75 Å². The zero-order valence-corrected chi connectivity index (χ0v) is 11.8. The van der Waals surface area contributed by atoms with Crippen molar-refractivity contribution in [1.29, 1.82) is 0 Å². The molecule has 1 aromatic carbocycles. The second-order valence-electron chi connectivity index (χ2n) is 5.84. The lowest BCUT2D eigenvalue weighted by Crippen LogP contribution is -2.45. The number of carboxylic acid groups (broad SMARTS) is 1. The van der Waals surface area contributed by atoms with Crippen molar-refractivity contribution >= 4 is 5.97 Å². The number of fused-ring (bicyclic) bond motifs is 1. The number of nitrogens with zero attached hydrogens (tertiary/aromatic N) is 1. The number of likely N-dealkylation sites (tertiary alicyclic amines) is 1. The van der Waals surface area contributed by atoms with Gasteiger partial charge in [-0.2, -0.15) is 0 Å². The van der Waals surface area contributed by atoms with Crippen LogP contribution in [0.25, 0.3) is 0 Å². The van der Waals surface area contributed by atoms with E-state index in [1.807, 2.05) is 12.1 Å². The minimum Gasteiger partial charge on any atom is -0.493 e. The molecule has 2 heterocycles. The maximum atomic E-state index is 11.1. The third-order valence-corrected chi connectivity index (χ3v) is 4.60. The van der Waals surface area contributed by atoms with E-state index in [0.29, 0.717) is 12.1 Å². The summed E-state index contributed by atoms with van der Waals surface area (Å²) in [5.41, 5.74) is 1.25. The van der Waals surface area contributed by atoms with Crippen LogP contribution in [0.3, 0.4) is 0 Å². The number of piperidine rings is 1. The van der Waals surface area contributed by atoms with E-state index in [1.54, 1.807) is 0 Å². The van der Waals surface area contributed by atoms with Crippen molar-refractivity contribution in [2.45, 2.75) is 38.3 Å². The Morgan fingerprint density at radius 2 is 2.15 bits per heavy atom. The molecule has 4 nitrogen and oxygen atoms in total. The standard InChI is InChI=1S/C16H21NO3/c1-11-10-12(16(18)19)6-8-17(11)14-7-9-20-15-5-3-2-4-13(14)15/h2-5,11-12,14H,6-10H2,1H3,(H,18,19). The van der Waals surface area contributed by atoms with Gasteiger partial charge in [-0.15, -0.1) is 0 Å². The summed E-state index contributed by atoms with van der Waals surface area (Å²) >= 11 is 0. The van der Waals surface area contributed by atoms with Crippen LogP contribution in [-0.2, 0) is 4.79 Å². The van der Waals surface area contributed by atoms with Crippen LogP contribution in [0.15, 0.2) is 24.3 Å². The number of hydrogen-bond donors (Lipinski definition) is 1. The minimum atomic E-state index is -0.649. The van der Waals surface area contributed by atoms with Gasteiger partial charge in [0.05, 0.1) is 12.5 Å². The fourth-order valence-electron chi connectivity index (χ4n) is 3.55. The van der Waals surface area contributed by atoms with Crippen molar-refractivity contribution in [2.75, 3.05) is 13.2 Å². The predicted molar refractivity (Wildman–Crippen MR) is 75.8 cm³/mol. The first kappa shape index (κ1) is 13.4. The number of carboxylic acids is 1. The summed E-state index contributed by atoms with van der Waals surface area (Å²) in [5, 5.41) is 9.17. The van der Waals surface area contributed by atoms with E-state index in [1.165, 1.54) is 5.56 Å². The Bertz CT molecular complexity index is 502. The van der Waals surface area contributed by atoms with Crippen molar-refractivity contribution in [3.8, 4) is 5.75 Å². The highest BCUT2D eigenvalue weighted by Crippen LogP contribution is 2.39. The highest BCUT2D eigenvalue weighted by molar-refractivity contribution is 5.70. The third-order valence-electron chi connectivity index (χ3n) is 4.60. The van der Waals surface area contributed by atoms with E-state index in [2.05, 4.69) is 24.0 Å². The van der Waals surface area contributed by atoms with Gasteiger partial charge in [0.15, 0.2) is 0 Å². The van der Waals surface area contributed by atoms with Crippen molar-refractivity contribution in [3.05, 3.63) is 29.8 Å². The van der Waals surface area contributed by atoms with Crippen LogP contribution >= 0.6 is 0 Å². The fraction of sp³-hybridized carbons (Fsp3) is 0.562. The van der Waals surface area contributed by atoms with Gasteiger partial charge in [-0.3, -0.25) is 9.69 Å². The molecule has 1 saturated heterocycles. The van der Waals surface area contributed by atoms with Crippen molar-refractivity contribution in [2.24, 2.45) is 5.92 Å². The summed E-state index contributed by atoms with van der Waals surface area (Å²) in [4.78, 5) is 13.6. The SMILES string of the molecule is CC1CC(C(=O)O)CCN1C1CCOc2ccccc21. The molecule has 0 aromatic heterocycles. The number of rotatable bonds is 2. The molecule has 1 N–H and O–H groups in total. The molecule has 1 aromatic rings. The summed E-state index contributed by atoms with van der Waals surface area (Å²) < 4.78 is 5.72. The molecular weight excluding hydrogens is 254 g/mol. The van der Waals surface area contributed by atoms with Gasteiger partial charge in [-0.1, -0.05) is 18.2 Å².